The first-order valence-electron chi connectivity index (χ1n) is 10.4. The summed E-state index contributed by atoms with van der Waals surface area (Å²) in [4.78, 5) is 16.9. The summed E-state index contributed by atoms with van der Waals surface area (Å²) in [5.74, 6) is 1.45. The average molecular weight is 397 g/mol. The summed E-state index contributed by atoms with van der Waals surface area (Å²) in [6, 6.07) is 10.6. The highest BCUT2D eigenvalue weighted by Crippen LogP contribution is 2.41. The van der Waals surface area contributed by atoms with Crippen LogP contribution in [0, 0.1) is 5.41 Å². The number of carbonyl (C=O) groups is 1. The number of hydrogen-bond donors (Lipinski definition) is 3. The van der Waals surface area contributed by atoms with Crippen LogP contribution in [0.4, 0.5) is 5.82 Å². The second-order valence-corrected chi connectivity index (χ2v) is 7.82. The Hall–Kier alpha value is -2.60. The molecule has 0 unspecified atom stereocenters. The number of pyridine rings is 1. The van der Waals surface area contributed by atoms with Crippen LogP contribution in [0.15, 0.2) is 36.5 Å². The molecule has 0 radical (unpaired) electrons. The number of anilines is 1. The van der Waals surface area contributed by atoms with Gasteiger partial charge in [-0.15, -0.1) is 0 Å². The van der Waals surface area contributed by atoms with Crippen LogP contribution in [0.3, 0.4) is 0 Å². The van der Waals surface area contributed by atoms with E-state index < -0.39 is 5.41 Å². The minimum Gasteiger partial charge on any atom is -0.494 e. The van der Waals surface area contributed by atoms with Gasteiger partial charge in [-0.05, 0) is 81.5 Å². The summed E-state index contributed by atoms with van der Waals surface area (Å²) in [6.07, 6.45) is 5.96. The van der Waals surface area contributed by atoms with Crippen LogP contribution in [-0.4, -0.2) is 37.6 Å². The van der Waals surface area contributed by atoms with Crippen molar-refractivity contribution in [3.8, 4) is 16.9 Å². The van der Waals surface area contributed by atoms with Gasteiger partial charge in [-0.2, -0.15) is 0 Å². The number of nitrogens with two attached hydrogens (primary N) is 1. The molecule has 6 heteroatoms. The van der Waals surface area contributed by atoms with Crippen molar-refractivity contribution in [3.05, 3.63) is 42.1 Å². The summed E-state index contributed by atoms with van der Waals surface area (Å²) < 4.78 is 5.88. The zero-order chi connectivity index (χ0) is 20.9. The molecule has 1 aromatic heterocycles. The Morgan fingerprint density at radius 3 is 2.48 bits per heavy atom. The number of aromatic nitrogens is 1. The SMILES string of the molecule is CCOc1ccc(-c2ccc(NC)nc2)cc1CC1(C(N)=O)CCC(NC)CC1. The lowest BCUT2D eigenvalue weighted by Gasteiger charge is -2.38. The van der Waals surface area contributed by atoms with E-state index in [0.29, 0.717) is 19.1 Å². The number of ether oxygens (including phenoxy) is 1. The van der Waals surface area contributed by atoms with Crippen molar-refractivity contribution in [2.45, 2.75) is 45.1 Å². The van der Waals surface area contributed by atoms with Gasteiger partial charge in [0, 0.05) is 24.8 Å². The Bertz CT molecular complexity index is 827. The molecule has 1 aliphatic carbocycles. The second-order valence-electron chi connectivity index (χ2n) is 7.82. The van der Waals surface area contributed by atoms with Crippen LogP contribution < -0.4 is 21.1 Å². The Balaban J connectivity index is 1.93. The Labute approximate surface area is 173 Å². The van der Waals surface area contributed by atoms with Crippen molar-refractivity contribution in [3.63, 3.8) is 0 Å². The maximum absolute atomic E-state index is 12.5. The molecular formula is C23H32N4O2. The minimum absolute atomic E-state index is 0.208. The number of hydrogen-bond acceptors (Lipinski definition) is 5. The fraction of sp³-hybridized carbons (Fsp3) is 0.478. The fourth-order valence-electron chi connectivity index (χ4n) is 4.24. The number of nitrogens with zero attached hydrogens (tertiary/aromatic N) is 1. The zero-order valence-corrected chi connectivity index (χ0v) is 17.6. The monoisotopic (exact) mass is 396 g/mol. The molecule has 0 saturated heterocycles. The molecule has 156 valence electrons. The molecule has 1 aromatic carbocycles. The summed E-state index contributed by atoms with van der Waals surface area (Å²) in [5.41, 5.74) is 8.52. The van der Waals surface area contributed by atoms with Gasteiger partial charge in [0.2, 0.25) is 5.91 Å². The Kier molecular flexibility index (Phi) is 6.75. The quantitative estimate of drug-likeness (QED) is 0.637. The molecule has 0 bridgehead atoms. The van der Waals surface area contributed by atoms with Crippen LogP contribution in [-0.2, 0) is 11.2 Å². The van der Waals surface area contributed by atoms with Crippen LogP contribution in [0.25, 0.3) is 11.1 Å². The number of rotatable bonds is 8. The van der Waals surface area contributed by atoms with E-state index in [2.05, 4.69) is 21.7 Å². The third kappa shape index (κ3) is 4.70. The number of benzene rings is 1. The van der Waals surface area contributed by atoms with Gasteiger partial charge in [-0.1, -0.05) is 6.07 Å². The van der Waals surface area contributed by atoms with E-state index in [1.54, 1.807) is 0 Å². The topological polar surface area (TPSA) is 89.3 Å². The fourth-order valence-corrected chi connectivity index (χ4v) is 4.24. The second kappa shape index (κ2) is 9.27. The highest BCUT2D eigenvalue weighted by atomic mass is 16.5. The lowest BCUT2D eigenvalue weighted by molar-refractivity contribution is -0.129. The van der Waals surface area contributed by atoms with E-state index in [1.165, 1.54) is 0 Å². The lowest BCUT2D eigenvalue weighted by Crippen LogP contribution is -2.45. The van der Waals surface area contributed by atoms with Crippen molar-refractivity contribution in [1.29, 1.82) is 0 Å². The number of amides is 1. The molecule has 1 heterocycles. The number of carbonyl (C=O) groups excluding carboxylic acids is 1. The lowest BCUT2D eigenvalue weighted by atomic mass is 9.68. The first-order valence-corrected chi connectivity index (χ1v) is 10.4. The number of nitrogens with one attached hydrogen (secondary N) is 2. The van der Waals surface area contributed by atoms with E-state index in [0.717, 1.165) is 53.9 Å². The van der Waals surface area contributed by atoms with E-state index in [9.17, 15) is 4.79 Å². The van der Waals surface area contributed by atoms with Gasteiger partial charge in [0.05, 0.1) is 12.0 Å². The van der Waals surface area contributed by atoms with Gasteiger partial charge in [0.15, 0.2) is 0 Å². The summed E-state index contributed by atoms with van der Waals surface area (Å²) >= 11 is 0. The van der Waals surface area contributed by atoms with Crippen molar-refractivity contribution in [1.82, 2.24) is 10.3 Å². The van der Waals surface area contributed by atoms with Crippen LogP contribution >= 0.6 is 0 Å². The average Bonchev–Trinajstić information content (AvgIpc) is 2.75. The van der Waals surface area contributed by atoms with Crippen molar-refractivity contribution in [2.75, 3.05) is 26.0 Å². The molecule has 29 heavy (non-hydrogen) atoms. The maximum Gasteiger partial charge on any atom is 0.223 e. The van der Waals surface area contributed by atoms with Crippen molar-refractivity contribution >= 4 is 11.7 Å². The molecular weight excluding hydrogens is 364 g/mol. The van der Waals surface area contributed by atoms with Crippen molar-refractivity contribution < 1.29 is 9.53 Å². The standard InChI is InChI=1S/C23H32N4O2/c1-4-29-20-7-5-16(17-6-8-21(26-3)27-15-17)13-18(20)14-23(22(24)28)11-9-19(25-2)10-12-23/h5-8,13,15,19,25H,4,9-12,14H2,1-3H3,(H2,24,28)(H,26,27). The first kappa shape index (κ1) is 21.1. The van der Waals surface area contributed by atoms with E-state index in [4.69, 9.17) is 10.5 Å². The van der Waals surface area contributed by atoms with Crippen LogP contribution in [0.2, 0.25) is 0 Å². The van der Waals surface area contributed by atoms with Gasteiger partial charge in [-0.25, -0.2) is 4.98 Å². The number of primary amides is 1. The van der Waals surface area contributed by atoms with Gasteiger partial charge in [0.25, 0.3) is 0 Å². The van der Waals surface area contributed by atoms with E-state index in [1.807, 2.05) is 51.5 Å². The molecule has 1 amide bonds. The highest BCUT2D eigenvalue weighted by molar-refractivity contribution is 5.81. The van der Waals surface area contributed by atoms with Gasteiger partial charge < -0.3 is 21.1 Å². The smallest absolute Gasteiger partial charge is 0.223 e. The Morgan fingerprint density at radius 2 is 1.93 bits per heavy atom. The third-order valence-electron chi connectivity index (χ3n) is 6.12. The molecule has 0 aliphatic heterocycles. The predicted molar refractivity (Wildman–Crippen MR) is 117 cm³/mol. The van der Waals surface area contributed by atoms with Crippen molar-refractivity contribution in [2.24, 2.45) is 11.1 Å². The maximum atomic E-state index is 12.5. The predicted octanol–water partition coefficient (Wildman–Crippen LogP) is 3.37. The molecule has 1 aliphatic rings. The highest BCUT2D eigenvalue weighted by Gasteiger charge is 2.40. The van der Waals surface area contributed by atoms with Crippen LogP contribution in [0.1, 0.15) is 38.2 Å². The first-order chi connectivity index (χ1) is 14.0. The molecule has 3 rings (SSSR count). The minimum atomic E-state index is -0.522. The van der Waals surface area contributed by atoms with Gasteiger partial charge >= 0.3 is 0 Å². The molecule has 0 atom stereocenters. The molecule has 1 saturated carbocycles. The zero-order valence-electron chi connectivity index (χ0n) is 17.6. The molecule has 0 spiro atoms. The molecule has 2 aromatic rings. The van der Waals surface area contributed by atoms with Crippen LogP contribution in [0.5, 0.6) is 5.75 Å². The summed E-state index contributed by atoms with van der Waals surface area (Å²) in [6.45, 7) is 2.55. The Morgan fingerprint density at radius 1 is 1.21 bits per heavy atom. The van der Waals surface area contributed by atoms with E-state index in [-0.39, 0.29) is 5.91 Å². The summed E-state index contributed by atoms with van der Waals surface area (Å²) in [5, 5.41) is 6.36. The third-order valence-corrected chi connectivity index (χ3v) is 6.12. The molecule has 1 fully saturated rings. The normalized spacial score (nSPS) is 21.6. The van der Waals surface area contributed by atoms with Gasteiger partial charge in [-0.3, -0.25) is 4.79 Å². The molecule has 4 N–H and O–H groups in total. The van der Waals surface area contributed by atoms with Gasteiger partial charge in [0.1, 0.15) is 11.6 Å². The largest absolute Gasteiger partial charge is 0.494 e. The summed E-state index contributed by atoms with van der Waals surface area (Å²) in [7, 11) is 3.83. The van der Waals surface area contributed by atoms with E-state index >= 15 is 0 Å². The molecule has 6 nitrogen and oxygen atoms in total.